The van der Waals surface area contributed by atoms with Gasteiger partial charge in [-0.05, 0) is 128 Å². The van der Waals surface area contributed by atoms with E-state index in [1.165, 1.54) is 51.0 Å². The van der Waals surface area contributed by atoms with Crippen molar-refractivity contribution in [2.24, 2.45) is 5.92 Å². The van der Waals surface area contributed by atoms with Crippen molar-refractivity contribution in [2.45, 2.75) is 112 Å². The van der Waals surface area contributed by atoms with Gasteiger partial charge in [0, 0.05) is 5.56 Å². The zero-order chi connectivity index (χ0) is 27.3. The topological polar surface area (TPSA) is 18.5 Å². The lowest BCUT2D eigenvalue weighted by atomic mass is 9.66. The summed E-state index contributed by atoms with van der Waals surface area (Å²) in [7, 11) is 0. The molecule has 0 N–H and O–H groups in total. The molecule has 0 radical (unpaired) electrons. The van der Waals surface area contributed by atoms with Gasteiger partial charge < -0.3 is 9.47 Å². The first-order valence-electron chi connectivity index (χ1n) is 14.6. The van der Waals surface area contributed by atoms with E-state index in [0.717, 1.165) is 56.4 Å². The van der Waals surface area contributed by atoms with Crippen molar-refractivity contribution in [1.29, 1.82) is 0 Å². The van der Waals surface area contributed by atoms with Crippen LogP contribution in [0.2, 0.25) is 0 Å². The fraction of sp³-hybridized carbons (Fsp3) is 0.500. The van der Waals surface area contributed by atoms with Crippen LogP contribution in [-0.2, 0) is 13.0 Å². The van der Waals surface area contributed by atoms with Gasteiger partial charge in [-0.15, -0.1) is 0 Å². The first-order chi connectivity index (χ1) is 18.2. The van der Waals surface area contributed by atoms with Crippen molar-refractivity contribution >= 4 is 0 Å². The Balaban J connectivity index is 1.33. The first-order valence-corrected chi connectivity index (χ1v) is 14.6. The van der Waals surface area contributed by atoms with Crippen LogP contribution in [0.3, 0.4) is 0 Å². The molecule has 38 heavy (non-hydrogen) atoms. The monoisotopic (exact) mass is 512 g/mol. The van der Waals surface area contributed by atoms with E-state index in [4.69, 9.17) is 9.47 Å². The standard InChI is InChI=1S/C36H48O2/c1-25(2)13-11-14-26(3)15-12-16-27(4)21-32-22-36(23-32)20-19-33-30(7)34(28(5)29(6)35(33)38-36)37-24-31-17-9-8-10-18-31/h8-10,13,15,17-18,21,32H,11-12,14,16,19-20,22-24H2,1-7H3/b26-15+,27-21+. The van der Waals surface area contributed by atoms with E-state index in [1.807, 2.05) is 6.07 Å². The SMILES string of the molecule is CC(C)=CCC/C(C)=C/CC/C(C)=C/C1CC2(CCc3c(C)c(OCc4ccccc4)c(C)c(C)c3O2)C1. The summed E-state index contributed by atoms with van der Waals surface area (Å²) in [5.74, 6) is 2.82. The van der Waals surface area contributed by atoms with Crippen LogP contribution in [0.5, 0.6) is 11.5 Å². The van der Waals surface area contributed by atoms with Gasteiger partial charge in [-0.25, -0.2) is 0 Å². The number of hydrogen-bond donors (Lipinski definition) is 0. The average molecular weight is 513 g/mol. The lowest BCUT2D eigenvalue weighted by molar-refractivity contribution is -0.0513. The molecule has 2 aromatic carbocycles. The molecule has 0 bridgehead atoms. The highest BCUT2D eigenvalue weighted by atomic mass is 16.5. The number of fused-ring (bicyclic) bond motifs is 1. The molecule has 0 aromatic heterocycles. The largest absolute Gasteiger partial charge is 0.488 e. The first kappa shape index (κ1) is 28.3. The second kappa shape index (κ2) is 12.4. The minimum atomic E-state index is 0.0198. The zero-order valence-electron chi connectivity index (χ0n) is 24.9. The number of allylic oxidation sites excluding steroid dienone is 6. The maximum absolute atomic E-state index is 6.85. The molecule has 1 spiro atoms. The van der Waals surface area contributed by atoms with E-state index in [0.29, 0.717) is 12.5 Å². The third-order valence-corrected chi connectivity index (χ3v) is 8.60. The van der Waals surface area contributed by atoms with Crippen LogP contribution in [0.1, 0.15) is 100 Å². The van der Waals surface area contributed by atoms with Crippen molar-refractivity contribution in [3.63, 3.8) is 0 Å². The van der Waals surface area contributed by atoms with Gasteiger partial charge in [0.1, 0.15) is 23.7 Å². The average Bonchev–Trinajstić information content (AvgIpc) is 2.87. The summed E-state index contributed by atoms with van der Waals surface area (Å²) >= 11 is 0. The Kier molecular flexibility index (Phi) is 9.23. The van der Waals surface area contributed by atoms with Gasteiger partial charge in [0.25, 0.3) is 0 Å². The molecule has 0 atom stereocenters. The Hall–Kier alpha value is -2.74. The van der Waals surface area contributed by atoms with E-state index in [9.17, 15) is 0 Å². The molecule has 0 saturated heterocycles. The Morgan fingerprint density at radius 1 is 0.895 bits per heavy atom. The highest BCUT2D eigenvalue weighted by Crippen LogP contribution is 2.52. The molecular formula is C36H48O2. The minimum absolute atomic E-state index is 0.0198. The van der Waals surface area contributed by atoms with Gasteiger partial charge in [-0.2, -0.15) is 0 Å². The van der Waals surface area contributed by atoms with Crippen LogP contribution in [0, 0.1) is 26.7 Å². The molecule has 2 nitrogen and oxygen atoms in total. The summed E-state index contributed by atoms with van der Waals surface area (Å²) in [6, 6.07) is 10.4. The number of benzene rings is 2. The fourth-order valence-corrected chi connectivity index (χ4v) is 6.18. The number of hydrogen-bond acceptors (Lipinski definition) is 2. The molecule has 204 valence electrons. The predicted octanol–water partition coefficient (Wildman–Crippen LogP) is 10.1. The minimum Gasteiger partial charge on any atom is -0.488 e. The van der Waals surface area contributed by atoms with E-state index >= 15 is 0 Å². The summed E-state index contributed by atoms with van der Waals surface area (Å²) in [6.45, 7) is 16.1. The molecule has 2 heteroatoms. The Morgan fingerprint density at radius 2 is 1.58 bits per heavy atom. The second-order valence-corrected chi connectivity index (χ2v) is 12.2. The quantitative estimate of drug-likeness (QED) is 0.295. The second-order valence-electron chi connectivity index (χ2n) is 12.2. The van der Waals surface area contributed by atoms with E-state index in [1.54, 1.807) is 0 Å². The molecule has 2 aliphatic rings. The molecular weight excluding hydrogens is 464 g/mol. The van der Waals surface area contributed by atoms with Gasteiger partial charge in [-0.3, -0.25) is 0 Å². The third kappa shape index (κ3) is 6.82. The van der Waals surface area contributed by atoms with Crippen molar-refractivity contribution in [3.8, 4) is 11.5 Å². The molecule has 1 heterocycles. The van der Waals surface area contributed by atoms with E-state index in [2.05, 4.69) is 91.0 Å². The van der Waals surface area contributed by atoms with Crippen LogP contribution in [-0.4, -0.2) is 5.60 Å². The van der Waals surface area contributed by atoms with Crippen LogP contribution < -0.4 is 9.47 Å². The summed E-state index contributed by atoms with van der Waals surface area (Å²) in [6.07, 6.45) is 16.4. The van der Waals surface area contributed by atoms with Crippen molar-refractivity contribution < 1.29 is 9.47 Å². The van der Waals surface area contributed by atoms with Gasteiger partial charge in [-0.1, -0.05) is 65.3 Å². The van der Waals surface area contributed by atoms with Gasteiger partial charge in [0.15, 0.2) is 0 Å². The third-order valence-electron chi connectivity index (χ3n) is 8.60. The highest BCUT2D eigenvalue weighted by Gasteiger charge is 2.48. The lowest BCUT2D eigenvalue weighted by Crippen LogP contribution is -2.50. The van der Waals surface area contributed by atoms with Crippen LogP contribution in [0.25, 0.3) is 0 Å². The Morgan fingerprint density at radius 3 is 2.29 bits per heavy atom. The van der Waals surface area contributed by atoms with Crippen molar-refractivity contribution in [2.75, 3.05) is 0 Å². The Bertz CT molecular complexity index is 1200. The number of rotatable bonds is 10. The normalized spacial score (nSPS) is 21.0. The lowest BCUT2D eigenvalue weighted by Gasteiger charge is -2.50. The van der Waals surface area contributed by atoms with Crippen LogP contribution in [0.4, 0.5) is 0 Å². The maximum atomic E-state index is 6.85. The summed E-state index contributed by atoms with van der Waals surface area (Å²) in [5, 5.41) is 0. The van der Waals surface area contributed by atoms with Crippen LogP contribution >= 0.6 is 0 Å². The number of ether oxygens (including phenoxy) is 2. The maximum Gasteiger partial charge on any atom is 0.127 e. The zero-order valence-corrected chi connectivity index (χ0v) is 24.9. The molecule has 0 amide bonds. The van der Waals surface area contributed by atoms with Crippen molar-refractivity contribution in [3.05, 3.63) is 93.1 Å². The van der Waals surface area contributed by atoms with Crippen LogP contribution in [0.15, 0.2) is 65.3 Å². The predicted molar refractivity (Wildman–Crippen MR) is 161 cm³/mol. The van der Waals surface area contributed by atoms with Crippen molar-refractivity contribution in [1.82, 2.24) is 0 Å². The molecule has 2 aromatic rings. The van der Waals surface area contributed by atoms with Gasteiger partial charge in [0.2, 0.25) is 0 Å². The summed E-state index contributed by atoms with van der Waals surface area (Å²) in [5.41, 5.74) is 10.7. The summed E-state index contributed by atoms with van der Waals surface area (Å²) in [4.78, 5) is 0. The van der Waals surface area contributed by atoms with Gasteiger partial charge in [0.05, 0.1) is 0 Å². The molecule has 4 rings (SSSR count). The van der Waals surface area contributed by atoms with E-state index in [-0.39, 0.29) is 5.60 Å². The molecule has 1 aliphatic heterocycles. The molecule has 1 saturated carbocycles. The van der Waals surface area contributed by atoms with Gasteiger partial charge >= 0.3 is 0 Å². The summed E-state index contributed by atoms with van der Waals surface area (Å²) < 4.78 is 13.2. The molecule has 1 fully saturated rings. The van der Waals surface area contributed by atoms with E-state index < -0.39 is 0 Å². The smallest absolute Gasteiger partial charge is 0.127 e. The fourth-order valence-electron chi connectivity index (χ4n) is 6.18. The molecule has 1 aliphatic carbocycles. The molecule has 0 unspecified atom stereocenters. The Labute approximate surface area is 231 Å². The highest BCUT2D eigenvalue weighted by molar-refractivity contribution is 5.59.